The van der Waals surface area contributed by atoms with Gasteiger partial charge in [0.25, 0.3) is 0 Å². The van der Waals surface area contributed by atoms with Crippen molar-refractivity contribution >= 4 is 21.6 Å². The molecule has 2 aromatic rings. The van der Waals surface area contributed by atoms with Crippen LogP contribution in [0.5, 0.6) is 0 Å². The van der Waals surface area contributed by atoms with Gasteiger partial charge in [-0.1, -0.05) is 0 Å². The normalized spacial score (nSPS) is 19.0. The van der Waals surface area contributed by atoms with Crippen LogP contribution in [-0.4, -0.2) is 22.7 Å². The Morgan fingerprint density at radius 1 is 1.56 bits per heavy atom. The van der Waals surface area contributed by atoms with Gasteiger partial charge in [0.2, 0.25) is 0 Å². The topological polar surface area (TPSA) is 45.1 Å². The number of hydrogen-bond donors (Lipinski definition) is 2. The monoisotopic (exact) mass is 262 g/mol. The summed E-state index contributed by atoms with van der Waals surface area (Å²) < 4.78 is 1.23. The van der Waals surface area contributed by atoms with Crippen molar-refractivity contribution in [2.75, 3.05) is 6.54 Å². The van der Waals surface area contributed by atoms with Crippen molar-refractivity contribution in [2.24, 2.45) is 5.92 Å². The minimum atomic E-state index is -0.189. The van der Waals surface area contributed by atoms with Crippen molar-refractivity contribution in [3.63, 3.8) is 0 Å². The number of nitrogens with zero attached hydrogens (tertiary/aromatic N) is 1. The van der Waals surface area contributed by atoms with Crippen LogP contribution in [0, 0.1) is 5.92 Å². The van der Waals surface area contributed by atoms with Crippen LogP contribution in [0.1, 0.15) is 31.4 Å². The Bertz CT molecular complexity index is 535. The maximum atomic E-state index is 9.85. The van der Waals surface area contributed by atoms with Gasteiger partial charge >= 0.3 is 0 Å². The van der Waals surface area contributed by atoms with E-state index in [1.165, 1.54) is 23.1 Å². The van der Waals surface area contributed by atoms with Crippen LogP contribution < -0.4 is 5.32 Å². The van der Waals surface area contributed by atoms with Crippen molar-refractivity contribution in [1.82, 2.24) is 10.3 Å². The second-order valence-corrected chi connectivity index (χ2v) is 6.06. The van der Waals surface area contributed by atoms with Crippen molar-refractivity contribution < 1.29 is 5.11 Å². The molecule has 2 N–H and O–H groups in total. The van der Waals surface area contributed by atoms with Crippen LogP contribution >= 0.6 is 11.3 Å². The van der Waals surface area contributed by atoms with Crippen LogP contribution in [0.4, 0.5) is 0 Å². The fraction of sp³-hybridized carbons (Fsp3) is 0.500. The van der Waals surface area contributed by atoms with E-state index in [4.69, 9.17) is 0 Å². The van der Waals surface area contributed by atoms with E-state index in [1.54, 1.807) is 11.3 Å². The summed E-state index contributed by atoms with van der Waals surface area (Å²) in [6.07, 6.45) is 4.10. The zero-order valence-electron chi connectivity index (χ0n) is 10.5. The Hall–Kier alpha value is -0.970. The SMILES string of the molecule is CC(NCC(O)C1CC1)c1cnc2ccsc2c1. The quantitative estimate of drug-likeness (QED) is 0.871. The molecule has 1 saturated carbocycles. The minimum Gasteiger partial charge on any atom is -0.392 e. The number of hydrogen-bond acceptors (Lipinski definition) is 4. The summed E-state index contributed by atoms with van der Waals surface area (Å²) in [5, 5.41) is 15.3. The average Bonchev–Trinajstić information content (AvgIpc) is 3.13. The molecule has 1 aliphatic rings. The molecule has 2 atom stereocenters. The van der Waals surface area contributed by atoms with Crippen molar-refractivity contribution in [1.29, 1.82) is 0 Å². The molecule has 18 heavy (non-hydrogen) atoms. The largest absolute Gasteiger partial charge is 0.392 e. The van der Waals surface area contributed by atoms with E-state index in [1.807, 2.05) is 12.3 Å². The van der Waals surface area contributed by atoms with E-state index in [0.29, 0.717) is 12.5 Å². The second kappa shape index (κ2) is 4.96. The molecular weight excluding hydrogens is 244 g/mol. The van der Waals surface area contributed by atoms with E-state index in [-0.39, 0.29) is 12.1 Å². The van der Waals surface area contributed by atoms with Crippen molar-refractivity contribution in [2.45, 2.75) is 31.9 Å². The van der Waals surface area contributed by atoms with Crippen LogP contribution in [0.25, 0.3) is 10.2 Å². The highest BCUT2D eigenvalue weighted by molar-refractivity contribution is 7.17. The highest BCUT2D eigenvalue weighted by atomic mass is 32.1. The van der Waals surface area contributed by atoms with Gasteiger partial charge in [0.05, 0.1) is 16.3 Å². The first-order chi connectivity index (χ1) is 8.74. The summed E-state index contributed by atoms with van der Waals surface area (Å²) in [6.45, 7) is 2.80. The molecule has 3 nitrogen and oxygen atoms in total. The van der Waals surface area contributed by atoms with Crippen LogP contribution in [0.3, 0.4) is 0 Å². The van der Waals surface area contributed by atoms with Gasteiger partial charge in [0.15, 0.2) is 0 Å². The number of aromatic nitrogens is 1. The fourth-order valence-corrected chi connectivity index (χ4v) is 2.95. The van der Waals surface area contributed by atoms with Crippen molar-refractivity contribution in [3.8, 4) is 0 Å². The van der Waals surface area contributed by atoms with Gasteiger partial charge in [-0.15, -0.1) is 11.3 Å². The predicted molar refractivity (Wildman–Crippen MR) is 74.8 cm³/mol. The lowest BCUT2D eigenvalue weighted by molar-refractivity contribution is 0.145. The van der Waals surface area contributed by atoms with Crippen LogP contribution in [0.2, 0.25) is 0 Å². The number of pyridine rings is 1. The molecule has 0 amide bonds. The zero-order chi connectivity index (χ0) is 12.5. The zero-order valence-corrected chi connectivity index (χ0v) is 11.3. The summed E-state index contributed by atoms with van der Waals surface area (Å²) in [5.74, 6) is 0.530. The second-order valence-electron chi connectivity index (χ2n) is 5.11. The van der Waals surface area contributed by atoms with Crippen LogP contribution in [-0.2, 0) is 0 Å². The third kappa shape index (κ3) is 2.55. The molecule has 0 radical (unpaired) electrons. The first kappa shape index (κ1) is 12.1. The highest BCUT2D eigenvalue weighted by Gasteiger charge is 2.29. The van der Waals surface area contributed by atoms with Gasteiger partial charge in [0, 0.05) is 18.8 Å². The summed E-state index contributed by atoms with van der Waals surface area (Å²) in [6, 6.07) is 4.46. The van der Waals surface area contributed by atoms with Gasteiger partial charge in [-0.2, -0.15) is 0 Å². The maximum Gasteiger partial charge on any atom is 0.0809 e. The number of rotatable bonds is 5. The molecule has 0 aromatic carbocycles. The molecule has 0 saturated heterocycles. The molecule has 0 spiro atoms. The molecule has 2 aromatic heterocycles. The number of nitrogens with one attached hydrogen (secondary N) is 1. The fourth-order valence-electron chi connectivity index (χ4n) is 2.16. The third-order valence-corrected chi connectivity index (χ3v) is 4.48. The van der Waals surface area contributed by atoms with Gasteiger partial charge in [0.1, 0.15) is 0 Å². The number of aliphatic hydroxyl groups is 1. The molecule has 1 aliphatic carbocycles. The Morgan fingerprint density at radius 2 is 2.39 bits per heavy atom. The molecule has 96 valence electrons. The summed E-state index contributed by atoms with van der Waals surface area (Å²) in [7, 11) is 0. The first-order valence-corrected chi connectivity index (χ1v) is 7.36. The molecular formula is C14H18N2OS. The summed E-state index contributed by atoms with van der Waals surface area (Å²) in [5.41, 5.74) is 2.25. The Balaban J connectivity index is 1.64. The van der Waals surface area contributed by atoms with Crippen molar-refractivity contribution in [3.05, 3.63) is 29.3 Å². The molecule has 2 heterocycles. The lowest BCUT2D eigenvalue weighted by atomic mass is 10.1. The van der Waals surface area contributed by atoms with Gasteiger partial charge in [-0.25, -0.2) is 0 Å². The van der Waals surface area contributed by atoms with E-state index < -0.39 is 0 Å². The average molecular weight is 262 g/mol. The van der Waals surface area contributed by atoms with Gasteiger partial charge in [-0.05, 0) is 48.8 Å². The summed E-state index contributed by atoms with van der Waals surface area (Å²) in [4.78, 5) is 4.44. The Labute approximate surface area is 111 Å². The smallest absolute Gasteiger partial charge is 0.0809 e. The molecule has 1 fully saturated rings. The minimum absolute atomic E-state index is 0.189. The Morgan fingerprint density at radius 3 is 3.17 bits per heavy atom. The standard InChI is InChI=1S/C14H18N2OS/c1-9(15-8-13(17)10-2-3-10)11-6-14-12(16-7-11)4-5-18-14/h4-7,9-10,13,15,17H,2-3,8H2,1H3. The number of fused-ring (bicyclic) bond motifs is 1. The number of aliphatic hydroxyl groups excluding tert-OH is 1. The number of thiophene rings is 1. The van der Waals surface area contributed by atoms with E-state index >= 15 is 0 Å². The highest BCUT2D eigenvalue weighted by Crippen LogP contribution is 2.32. The molecule has 0 bridgehead atoms. The Kier molecular flexibility index (Phi) is 3.33. The van der Waals surface area contributed by atoms with E-state index in [9.17, 15) is 5.11 Å². The van der Waals surface area contributed by atoms with Gasteiger partial charge < -0.3 is 10.4 Å². The molecule has 0 aliphatic heterocycles. The van der Waals surface area contributed by atoms with E-state index in [0.717, 1.165) is 5.52 Å². The predicted octanol–water partition coefficient (Wildman–Crippen LogP) is 2.72. The third-order valence-electron chi connectivity index (χ3n) is 3.62. The lowest BCUT2D eigenvalue weighted by Crippen LogP contribution is -2.30. The lowest BCUT2D eigenvalue weighted by Gasteiger charge is -2.17. The van der Waals surface area contributed by atoms with Gasteiger partial charge in [-0.3, -0.25) is 4.98 Å². The van der Waals surface area contributed by atoms with Crippen LogP contribution in [0.15, 0.2) is 23.7 Å². The molecule has 3 rings (SSSR count). The molecule has 2 unspecified atom stereocenters. The van der Waals surface area contributed by atoms with E-state index in [2.05, 4.69) is 28.7 Å². The maximum absolute atomic E-state index is 9.85. The molecule has 4 heteroatoms. The first-order valence-electron chi connectivity index (χ1n) is 6.48. The summed E-state index contributed by atoms with van der Waals surface area (Å²) >= 11 is 1.72.